The summed E-state index contributed by atoms with van der Waals surface area (Å²) in [6, 6.07) is 3.25. The Bertz CT molecular complexity index is 823. The van der Waals surface area contributed by atoms with Gasteiger partial charge in [0.15, 0.2) is 5.65 Å². The molecule has 7 heteroatoms. The number of fused-ring (bicyclic) bond motifs is 1. The van der Waals surface area contributed by atoms with Crippen LogP contribution in [0.5, 0.6) is 0 Å². The summed E-state index contributed by atoms with van der Waals surface area (Å²) in [6.07, 6.45) is 3.43. The van der Waals surface area contributed by atoms with E-state index in [4.69, 9.17) is 0 Å². The van der Waals surface area contributed by atoms with Crippen molar-refractivity contribution in [1.29, 1.82) is 0 Å². The molecule has 4 rings (SSSR count). The molecule has 0 aliphatic heterocycles. The van der Waals surface area contributed by atoms with E-state index in [0.717, 1.165) is 30.6 Å². The zero-order valence-electron chi connectivity index (χ0n) is 11.4. The number of anilines is 2. The van der Waals surface area contributed by atoms with Crippen LogP contribution in [0.2, 0.25) is 0 Å². The summed E-state index contributed by atoms with van der Waals surface area (Å²) in [4.78, 5) is 12.9. The minimum absolute atomic E-state index is 0.399. The largest absolute Gasteiger partial charge is 0.325 e. The fraction of sp³-hybridized carbons (Fsp3) is 0.286. The molecule has 1 saturated carbocycles. The van der Waals surface area contributed by atoms with Gasteiger partial charge >= 0.3 is 0 Å². The molecule has 0 unspecified atom stereocenters. The normalized spacial score (nSPS) is 14.6. The lowest BCUT2D eigenvalue weighted by Crippen LogP contribution is -2.01. The van der Waals surface area contributed by atoms with E-state index in [-0.39, 0.29) is 0 Å². The molecule has 3 aromatic heterocycles. The van der Waals surface area contributed by atoms with Crippen molar-refractivity contribution >= 4 is 22.7 Å². The molecule has 0 atom stereocenters. The minimum Gasteiger partial charge on any atom is -0.325 e. The van der Waals surface area contributed by atoms with E-state index in [1.807, 2.05) is 13.0 Å². The molecule has 3 aromatic rings. The third-order valence-electron chi connectivity index (χ3n) is 3.44. The van der Waals surface area contributed by atoms with Gasteiger partial charge in [-0.05, 0) is 25.8 Å². The average Bonchev–Trinajstić information content (AvgIpc) is 3.23. The lowest BCUT2D eigenvalue weighted by Gasteiger charge is -2.06. The predicted octanol–water partition coefficient (Wildman–Crippen LogP) is 2.82. The average molecular weight is 284 g/mol. The summed E-state index contributed by atoms with van der Waals surface area (Å²) >= 11 is 0. The molecular formula is C14H13FN6. The Morgan fingerprint density at radius 1 is 1.29 bits per heavy atom. The Morgan fingerprint density at radius 3 is 2.95 bits per heavy atom. The summed E-state index contributed by atoms with van der Waals surface area (Å²) in [6.45, 7) is 1.94. The molecule has 106 valence electrons. The van der Waals surface area contributed by atoms with Crippen molar-refractivity contribution in [2.45, 2.75) is 25.7 Å². The topological polar surface area (TPSA) is 79.4 Å². The second-order valence-corrected chi connectivity index (χ2v) is 5.28. The number of hydrogen-bond donors (Lipinski definition) is 2. The highest BCUT2D eigenvalue weighted by Crippen LogP contribution is 2.38. The fourth-order valence-corrected chi connectivity index (χ4v) is 2.28. The van der Waals surface area contributed by atoms with Crippen LogP contribution in [0.15, 0.2) is 18.3 Å². The molecule has 0 amide bonds. The van der Waals surface area contributed by atoms with Gasteiger partial charge in [-0.25, -0.2) is 19.3 Å². The van der Waals surface area contributed by atoms with E-state index in [0.29, 0.717) is 28.6 Å². The zero-order valence-corrected chi connectivity index (χ0v) is 11.4. The smallest absolute Gasteiger partial charge is 0.183 e. The van der Waals surface area contributed by atoms with Crippen LogP contribution in [0.25, 0.3) is 11.0 Å². The quantitative estimate of drug-likeness (QED) is 0.773. The van der Waals surface area contributed by atoms with E-state index in [9.17, 15) is 4.39 Å². The maximum atomic E-state index is 13.3. The Balaban J connectivity index is 1.72. The third-order valence-corrected chi connectivity index (χ3v) is 3.44. The van der Waals surface area contributed by atoms with Crippen LogP contribution < -0.4 is 5.32 Å². The van der Waals surface area contributed by atoms with Gasteiger partial charge in [-0.1, -0.05) is 0 Å². The SMILES string of the molecule is Cc1cc(Nc2[nH]nc3ncc(F)cc23)nc(C2CC2)n1. The highest BCUT2D eigenvalue weighted by Gasteiger charge is 2.27. The van der Waals surface area contributed by atoms with Crippen molar-refractivity contribution in [3.05, 3.63) is 35.7 Å². The van der Waals surface area contributed by atoms with Gasteiger partial charge in [0.05, 0.1) is 11.6 Å². The first kappa shape index (κ1) is 12.2. The molecule has 0 radical (unpaired) electrons. The van der Waals surface area contributed by atoms with Gasteiger partial charge in [0.2, 0.25) is 0 Å². The van der Waals surface area contributed by atoms with Gasteiger partial charge in [-0.15, -0.1) is 0 Å². The third kappa shape index (κ3) is 2.31. The molecule has 0 saturated heterocycles. The van der Waals surface area contributed by atoms with Crippen molar-refractivity contribution in [2.75, 3.05) is 5.32 Å². The summed E-state index contributed by atoms with van der Waals surface area (Å²) in [7, 11) is 0. The second-order valence-electron chi connectivity index (χ2n) is 5.28. The number of aromatic amines is 1. The van der Waals surface area contributed by atoms with Crippen LogP contribution in [0.1, 0.15) is 30.3 Å². The van der Waals surface area contributed by atoms with E-state index in [1.54, 1.807) is 0 Å². The number of aromatic nitrogens is 5. The monoisotopic (exact) mass is 284 g/mol. The van der Waals surface area contributed by atoms with E-state index >= 15 is 0 Å². The summed E-state index contributed by atoms with van der Waals surface area (Å²) < 4.78 is 13.3. The highest BCUT2D eigenvalue weighted by molar-refractivity contribution is 5.88. The van der Waals surface area contributed by atoms with Crippen molar-refractivity contribution < 1.29 is 4.39 Å². The summed E-state index contributed by atoms with van der Waals surface area (Å²) in [5.74, 6) is 2.20. The van der Waals surface area contributed by atoms with Crippen LogP contribution in [-0.4, -0.2) is 25.1 Å². The molecule has 6 nitrogen and oxygen atoms in total. The van der Waals surface area contributed by atoms with E-state index in [1.165, 1.54) is 6.07 Å². The highest BCUT2D eigenvalue weighted by atomic mass is 19.1. The van der Waals surface area contributed by atoms with Gasteiger partial charge in [0.1, 0.15) is 23.3 Å². The Morgan fingerprint density at radius 2 is 2.14 bits per heavy atom. The number of halogens is 1. The standard InChI is InChI=1S/C14H13FN6/c1-7-4-11(18-12(17-7)8-2-3-8)19-14-10-5-9(15)6-16-13(10)20-21-14/h4-6,8H,2-3H2,1H3,(H2,16,17,18,19,20,21). The number of rotatable bonds is 3. The minimum atomic E-state index is -0.399. The fourth-order valence-electron chi connectivity index (χ4n) is 2.28. The number of aryl methyl sites for hydroxylation is 1. The van der Waals surface area contributed by atoms with Gasteiger partial charge in [-0.2, -0.15) is 5.10 Å². The van der Waals surface area contributed by atoms with Gasteiger partial charge < -0.3 is 5.32 Å². The van der Waals surface area contributed by atoms with Gasteiger partial charge in [-0.3, -0.25) is 5.10 Å². The summed E-state index contributed by atoms with van der Waals surface area (Å²) in [5, 5.41) is 10.6. The molecule has 21 heavy (non-hydrogen) atoms. The number of nitrogens with zero attached hydrogens (tertiary/aromatic N) is 4. The van der Waals surface area contributed by atoms with Crippen molar-refractivity contribution in [2.24, 2.45) is 0 Å². The van der Waals surface area contributed by atoms with Crippen molar-refractivity contribution in [1.82, 2.24) is 25.1 Å². The van der Waals surface area contributed by atoms with Crippen LogP contribution in [-0.2, 0) is 0 Å². The molecule has 2 N–H and O–H groups in total. The molecule has 1 fully saturated rings. The van der Waals surface area contributed by atoms with E-state index < -0.39 is 5.82 Å². The van der Waals surface area contributed by atoms with Crippen LogP contribution in [0.3, 0.4) is 0 Å². The molecule has 1 aliphatic rings. The molecule has 0 spiro atoms. The maximum Gasteiger partial charge on any atom is 0.183 e. The first-order valence-corrected chi connectivity index (χ1v) is 6.81. The number of H-pyrrole nitrogens is 1. The van der Waals surface area contributed by atoms with Crippen molar-refractivity contribution in [3.8, 4) is 0 Å². The number of pyridine rings is 1. The van der Waals surface area contributed by atoms with Gasteiger partial charge in [0, 0.05) is 17.7 Å². The van der Waals surface area contributed by atoms with E-state index in [2.05, 4.69) is 30.5 Å². The Labute approximate surface area is 119 Å². The predicted molar refractivity (Wildman–Crippen MR) is 75.9 cm³/mol. The van der Waals surface area contributed by atoms with Crippen LogP contribution in [0.4, 0.5) is 16.0 Å². The first-order valence-electron chi connectivity index (χ1n) is 6.81. The lowest BCUT2D eigenvalue weighted by molar-refractivity contribution is 0.624. The molecule has 0 aromatic carbocycles. The Kier molecular flexibility index (Phi) is 2.60. The molecule has 3 heterocycles. The molecule has 0 bridgehead atoms. The maximum absolute atomic E-state index is 13.3. The number of hydrogen-bond acceptors (Lipinski definition) is 5. The molecule has 1 aliphatic carbocycles. The second kappa shape index (κ2) is 4.47. The van der Waals surface area contributed by atoms with Gasteiger partial charge in [0.25, 0.3) is 0 Å². The Hall–Kier alpha value is -2.57. The first-order chi connectivity index (χ1) is 10.2. The zero-order chi connectivity index (χ0) is 14.4. The van der Waals surface area contributed by atoms with Crippen LogP contribution >= 0.6 is 0 Å². The van der Waals surface area contributed by atoms with Crippen molar-refractivity contribution in [3.63, 3.8) is 0 Å². The summed E-state index contributed by atoms with van der Waals surface area (Å²) in [5.41, 5.74) is 1.37. The number of nitrogens with one attached hydrogen (secondary N) is 2. The lowest BCUT2D eigenvalue weighted by atomic mass is 10.3. The molecular weight excluding hydrogens is 271 g/mol. The van der Waals surface area contributed by atoms with Crippen LogP contribution in [0, 0.1) is 12.7 Å².